The van der Waals surface area contributed by atoms with Crippen LogP contribution in [0.25, 0.3) is 0 Å². The summed E-state index contributed by atoms with van der Waals surface area (Å²) in [6.45, 7) is 1.60. The Morgan fingerprint density at radius 3 is 2.69 bits per heavy atom. The molecule has 0 aliphatic carbocycles. The molecule has 0 saturated carbocycles. The van der Waals surface area contributed by atoms with Crippen molar-refractivity contribution in [3.63, 3.8) is 0 Å². The number of carbonyl (C=O) groups is 1. The van der Waals surface area contributed by atoms with Crippen molar-refractivity contribution in [2.75, 3.05) is 6.26 Å². The van der Waals surface area contributed by atoms with Crippen LogP contribution < -0.4 is 0 Å². The van der Waals surface area contributed by atoms with Gasteiger partial charge in [-0.15, -0.1) is 24.4 Å². The van der Waals surface area contributed by atoms with E-state index in [2.05, 4.69) is 12.6 Å². The van der Waals surface area contributed by atoms with Crippen LogP contribution in [0.4, 0.5) is 0 Å². The summed E-state index contributed by atoms with van der Waals surface area (Å²) in [6.07, 6.45) is 2.52. The summed E-state index contributed by atoms with van der Waals surface area (Å²) < 4.78 is 0. The summed E-state index contributed by atoms with van der Waals surface area (Å²) in [4.78, 5) is 13.0. The maximum Gasteiger partial charge on any atom is 0.134 e. The molecule has 1 aromatic carbocycles. The van der Waals surface area contributed by atoms with Gasteiger partial charge in [-0.25, -0.2) is 0 Å². The number of hydrogen-bond donors (Lipinski definition) is 1. The number of rotatable bonds is 3. The predicted molar refractivity (Wildman–Crippen MR) is 59.9 cm³/mol. The minimum atomic E-state index is 0.186. The molecule has 1 nitrogen and oxygen atoms in total. The Kier molecular flexibility index (Phi) is 3.88. The molecule has 0 radical (unpaired) electrons. The van der Waals surface area contributed by atoms with E-state index in [1.54, 1.807) is 18.7 Å². The highest BCUT2D eigenvalue weighted by Gasteiger charge is 2.00. The van der Waals surface area contributed by atoms with Crippen molar-refractivity contribution in [1.29, 1.82) is 0 Å². The topological polar surface area (TPSA) is 17.1 Å². The Morgan fingerprint density at radius 1 is 1.46 bits per heavy atom. The van der Waals surface area contributed by atoms with Gasteiger partial charge in [0, 0.05) is 16.2 Å². The van der Waals surface area contributed by atoms with Crippen molar-refractivity contribution in [2.24, 2.45) is 0 Å². The Bertz CT molecular complexity index is 321. The van der Waals surface area contributed by atoms with E-state index in [4.69, 9.17) is 0 Å². The first-order valence-electron chi connectivity index (χ1n) is 3.98. The second kappa shape index (κ2) is 4.72. The molecule has 3 heteroatoms. The van der Waals surface area contributed by atoms with Crippen LogP contribution in [0.2, 0.25) is 0 Å². The molecule has 0 fully saturated rings. The molecular formula is C10H12OS2. The molecule has 0 aliphatic rings. The second-order valence-corrected chi connectivity index (χ2v) is 4.31. The summed E-state index contributed by atoms with van der Waals surface area (Å²) in [5.41, 5.74) is 1.05. The Hall–Kier alpha value is -0.410. The zero-order valence-electron chi connectivity index (χ0n) is 7.70. The lowest BCUT2D eigenvalue weighted by atomic mass is 10.1. The van der Waals surface area contributed by atoms with Crippen molar-refractivity contribution in [3.05, 3.63) is 23.8 Å². The first-order valence-corrected chi connectivity index (χ1v) is 5.65. The normalized spacial score (nSPS) is 10.1. The van der Waals surface area contributed by atoms with Gasteiger partial charge in [-0.2, -0.15) is 0 Å². The Labute approximate surface area is 88.3 Å². The SMILES string of the molecule is CSc1cc(S)cc(CC(C)=O)c1. The van der Waals surface area contributed by atoms with Crippen LogP contribution in [0.3, 0.4) is 0 Å². The van der Waals surface area contributed by atoms with Gasteiger partial charge in [-0.1, -0.05) is 0 Å². The highest BCUT2D eigenvalue weighted by atomic mass is 32.2. The Balaban J connectivity index is 2.94. The monoisotopic (exact) mass is 212 g/mol. The van der Waals surface area contributed by atoms with Crippen molar-refractivity contribution in [2.45, 2.75) is 23.1 Å². The molecule has 0 unspecified atom stereocenters. The van der Waals surface area contributed by atoms with Crippen LogP contribution in [0, 0.1) is 0 Å². The van der Waals surface area contributed by atoms with Gasteiger partial charge >= 0.3 is 0 Å². The van der Waals surface area contributed by atoms with Crippen LogP contribution >= 0.6 is 24.4 Å². The quantitative estimate of drug-likeness (QED) is 0.613. The fourth-order valence-corrected chi connectivity index (χ4v) is 2.06. The zero-order chi connectivity index (χ0) is 9.84. The average Bonchev–Trinajstić information content (AvgIpc) is 2.01. The molecule has 0 amide bonds. The van der Waals surface area contributed by atoms with Gasteiger partial charge < -0.3 is 0 Å². The van der Waals surface area contributed by atoms with Crippen molar-refractivity contribution in [1.82, 2.24) is 0 Å². The number of Topliss-reactive ketones (excluding diaryl/α,β-unsaturated/α-hetero) is 1. The lowest BCUT2D eigenvalue weighted by Gasteiger charge is -2.03. The fraction of sp³-hybridized carbons (Fsp3) is 0.300. The van der Waals surface area contributed by atoms with Gasteiger partial charge in [-0.05, 0) is 36.9 Å². The largest absolute Gasteiger partial charge is 0.300 e. The van der Waals surface area contributed by atoms with Gasteiger partial charge in [0.1, 0.15) is 5.78 Å². The van der Waals surface area contributed by atoms with Crippen LogP contribution in [-0.4, -0.2) is 12.0 Å². The third kappa shape index (κ3) is 3.44. The molecule has 0 saturated heterocycles. The number of benzene rings is 1. The minimum Gasteiger partial charge on any atom is -0.300 e. The van der Waals surface area contributed by atoms with Crippen LogP contribution in [0.1, 0.15) is 12.5 Å². The molecule has 0 N–H and O–H groups in total. The van der Waals surface area contributed by atoms with E-state index in [1.165, 1.54) is 0 Å². The van der Waals surface area contributed by atoms with E-state index in [0.717, 1.165) is 15.4 Å². The fourth-order valence-electron chi connectivity index (χ4n) is 1.15. The van der Waals surface area contributed by atoms with E-state index in [0.29, 0.717) is 6.42 Å². The van der Waals surface area contributed by atoms with E-state index in [9.17, 15) is 4.79 Å². The van der Waals surface area contributed by atoms with Crippen LogP contribution in [0.5, 0.6) is 0 Å². The molecule has 1 aromatic rings. The number of carbonyl (C=O) groups excluding carboxylic acids is 1. The van der Waals surface area contributed by atoms with Crippen molar-refractivity contribution < 1.29 is 4.79 Å². The Morgan fingerprint density at radius 2 is 2.15 bits per heavy atom. The summed E-state index contributed by atoms with van der Waals surface area (Å²) in [5, 5.41) is 0. The first-order chi connectivity index (χ1) is 6.11. The molecule has 0 bridgehead atoms. The van der Waals surface area contributed by atoms with Crippen LogP contribution in [-0.2, 0) is 11.2 Å². The van der Waals surface area contributed by atoms with Gasteiger partial charge in [0.25, 0.3) is 0 Å². The number of hydrogen-bond acceptors (Lipinski definition) is 3. The molecule has 0 atom stereocenters. The summed E-state index contributed by atoms with van der Waals surface area (Å²) in [5.74, 6) is 0.186. The third-order valence-electron chi connectivity index (χ3n) is 1.64. The average molecular weight is 212 g/mol. The van der Waals surface area contributed by atoms with Gasteiger partial charge in [-0.3, -0.25) is 4.79 Å². The highest BCUT2D eigenvalue weighted by Crippen LogP contribution is 2.21. The number of thiol groups is 1. The molecule has 0 heterocycles. The van der Waals surface area contributed by atoms with Crippen molar-refractivity contribution in [3.8, 4) is 0 Å². The molecule has 0 spiro atoms. The van der Waals surface area contributed by atoms with Gasteiger partial charge in [0.05, 0.1) is 0 Å². The summed E-state index contributed by atoms with van der Waals surface area (Å²) in [6, 6.07) is 5.97. The standard InChI is InChI=1S/C10H12OS2/c1-7(11)3-8-4-9(12)6-10(5-8)13-2/h4-6,12H,3H2,1-2H3. The second-order valence-electron chi connectivity index (χ2n) is 2.92. The van der Waals surface area contributed by atoms with Gasteiger partial charge in [0.2, 0.25) is 0 Å². The predicted octanol–water partition coefficient (Wildman–Crippen LogP) is 2.83. The highest BCUT2D eigenvalue weighted by molar-refractivity contribution is 7.98. The van der Waals surface area contributed by atoms with Crippen LogP contribution in [0.15, 0.2) is 28.0 Å². The lowest BCUT2D eigenvalue weighted by molar-refractivity contribution is -0.116. The third-order valence-corrected chi connectivity index (χ3v) is 2.61. The number of ketones is 1. The maximum absolute atomic E-state index is 10.9. The maximum atomic E-state index is 10.9. The summed E-state index contributed by atoms with van der Waals surface area (Å²) in [7, 11) is 0. The lowest BCUT2D eigenvalue weighted by Crippen LogP contribution is -1.96. The van der Waals surface area contributed by atoms with Crippen molar-refractivity contribution >= 4 is 30.2 Å². The molecular weight excluding hydrogens is 200 g/mol. The number of thioether (sulfide) groups is 1. The zero-order valence-corrected chi connectivity index (χ0v) is 9.41. The van der Waals surface area contributed by atoms with E-state index in [-0.39, 0.29) is 5.78 Å². The molecule has 0 aromatic heterocycles. The minimum absolute atomic E-state index is 0.186. The van der Waals surface area contributed by atoms with E-state index < -0.39 is 0 Å². The smallest absolute Gasteiger partial charge is 0.134 e. The molecule has 0 aliphatic heterocycles. The van der Waals surface area contributed by atoms with Gasteiger partial charge in [0.15, 0.2) is 0 Å². The summed E-state index contributed by atoms with van der Waals surface area (Å²) >= 11 is 5.94. The van der Waals surface area contributed by atoms with E-state index >= 15 is 0 Å². The molecule has 1 rings (SSSR count). The molecule has 13 heavy (non-hydrogen) atoms. The molecule has 70 valence electrons. The van der Waals surface area contributed by atoms with E-state index in [1.807, 2.05) is 24.5 Å². The first kappa shape index (κ1) is 10.7.